The lowest BCUT2D eigenvalue weighted by Crippen LogP contribution is -2.08. The first kappa shape index (κ1) is 20.9. The Morgan fingerprint density at radius 3 is 2.65 bits per heavy atom. The number of pyridine rings is 1. The quantitative estimate of drug-likeness (QED) is 0.246. The smallest absolute Gasteiger partial charge is 0.304 e. The van der Waals surface area contributed by atoms with Crippen LogP contribution in [0.2, 0.25) is 0 Å². The van der Waals surface area contributed by atoms with E-state index < -0.39 is 0 Å². The second-order valence-electron chi connectivity index (χ2n) is 7.11. The summed E-state index contributed by atoms with van der Waals surface area (Å²) in [5.41, 5.74) is 2.62. The number of aromatic hydroxyl groups is 2. The number of para-hydroxylation sites is 2. The molecule has 0 unspecified atom stereocenters. The van der Waals surface area contributed by atoms with Crippen molar-refractivity contribution >= 4 is 22.7 Å². The first-order chi connectivity index (χ1) is 16.6. The average Bonchev–Trinajstić information content (AvgIpc) is 3.24. The number of fused-ring (bicyclic) bond motifs is 1. The molecule has 3 aromatic heterocycles. The Labute approximate surface area is 193 Å². The van der Waals surface area contributed by atoms with Crippen molar-refractivity contribution in [3.8, 4) is 29.2 Å². The van der Waals surface area contributed by atoms with Gasteiger partial charge in [-0.05, 0) is 24.3 Å². The van der Waals surface area contributed by atoms with Crippen LogP contribution in [-0.4, -0.2) is 46.8 Å². The number of anilines is 2. The molecule has 170 valence electrons. The summed E-state index contributed by atoms with van der Waals surface area (Å²) >= 11 is 0. The number of nitrogens with one attached hydrogen (secondary N) is 1. The molecule has 11 heteroatoms. The minimum atomic E-state index is -0.357. The molecular weight excluding hydrogens is 438 g/mol. The van der Waals surface area contributed by atoms with Crippen molar-refractivity contribution < 1.29 is 19.7 Å². The SMILES string of the molecule is COc1cc(Nc2ncnc(-n3c(OCc4ccccn4)nc4ccccc43)n2)cc(O)c1O. The predicted molar refractivity (Wildman–Crippen MR) is 123 cm³/mol. The van der Waals surface area contributed by atoms with Gasteiger partial charge in [-0.25, -0.2) is 14.5 Å². The summed E-state index contributed by atoms with van der Waals surface area (Å²) in [5.74, 6) is -0.128. The van der Waals surface area contributed by atoms with E-state index in [2.05, 4.69) is 30.2 Å². The van der Waals surface area contributed by atoms with E-state index >= 15 is 0 Å². The molecule has 0 saturated heterocycles. The molecule has 0 aliphatic rings. The third-order valence-corrected chi connectivity index (χ3v) is 4.90. The molecule has 5 aromatic rings. The lowest BCUT2D eigenvalue weighted by molar-refractivity contribution is 0.272. The molecule has 3 N–H and O–H groups in total. The van der Waals surface area contributed by atoms with Gasteiger partial charge in [0.2, 0.25) is 17.6 Å². The predicted octanol–water partition coefficient (Wildman–Crippen LogP) is 3.35. The van der Waals surface area contributed by atoms with E-state index in [1.54, 1.807) is 10.8 Å². The van der Waals surface area contributed by atoms with Gasteiger partial charge >= 0.3 is 6.01 Å². The number of phenolic OH excluding ortho intramolecular Hbond substituents is 2. The number of hydrogen-bond acceptors (Lipinski definition) is 10. The minimum absolute atomic E-state index is 0.0996. The maximum Gasteiger partial charge on any atom is 0.304 e. The lowest BCUT2D eigenvalue weighted by atomic mass is 10.2. The molecule has 0 spiro atoms. The van der Waals surface area contributed by atoms with Crippen LogP contribution in [0.25, 0.3) is 17.0 Å². The summed E-state index contributed by atoms with van der Waals surface area (Å²) in [6.07, 6.45) is 3.04. The lowest BCUT2D eigenvalue weighted by Gasteiger charge is -2.11. The number of benzene rings is 2. The Kier molecular flexibility index (Phi) is 5.48. The van der Waals surface area contributed by atoms with E-state index in [9.17, 15) is 10.2 Å². The fraction of sp³-hybridized carbons (Fsp3) is 0.0870. The number of imidazole rings is 1. The highest BCUT2D eigenvalue weighted by Gasteiger charge is 2.17. The van der Waals surface area contributed by atoms with E-state index in [0.29, 0.717) is 17.2 Å². The van der Waals surface area contributed by atoms with Crippen LogP contribution >= 0.6 is 0 Å². The van der Waals surface area contributed by atoms with Gasteiger partial charge in [0.15, 0.2) is 11.5 Å². The fourth-order valence-electron chi connectivity index (χ4n) is 3.32. The third kappa shape index (κ3) is 4.09. The van der Waals surface area contributed by atoms with Gasteiger partial charge < -0.3 is 25.0 Å². The van der Waals surface area contributed by atoms with Gasteiger partial charge in [-0.3, -0.25) is 4.98 Å². The van der Waals surface area contributed by atoms with Gasteiger partial charge in [0.25, 0.3) is 0 Å². The molecule has 3 heterocycles. The highest BCUT2D eigenvalue weighted by Crippen LogP contribution is 2.38. The van der Waals surface area contributed by atoms with Gasteiger partial charge in [0, 0.05) is 24.0 Å². The number of nitrogens with zero attached hydrogens (tertiary/aromatic N) is 6. The van der Waals surface area contributed by atoms with Crippen LogP contribution in [0.4, 0.5) is 11.6 Å². The summed E-state index contributed by atoms with van der Waals surface area (Å²) in [6.45, 7) is 0.215. The first-order valence-electron chi connectivity index (χ1n) is 10.2. The van der Waals surface area contributed by atoms with E-state index in [1.165, 1.54) is 25.6 Å². The maximum absolute atomic E-state index is 9.95. The normalized spacial score (nSPS) is 10.9. The van der Waals surface area contributed by atoms with Crippen LogP contribution in [0.5, 0.6) is 23.3 Å². The zero-order chi connectivity index (χ0) is 23.5. The fourth-order valence-corrected chi connectivity index (χ4v) is 3.32. The Balaban J connectivity index is 1.50. The van der Waals surface area contributed by atoms with E-state index in [1.807, 2.05) is 42.5 Å². The number of rotatable bonds is 7. The van der Waals surface area contributed by atoms with Gasteiger partial charge in [-0.1, -0.05) is 18.2 Å². The summed E-state index contributed by atoms with van der Waals surface area (Å²) in [6, 6.07) is 16.2. The number of phenols is 2. The molecule has 0 saturated carbocycles. The van der Waals surface area contributed by atoms with E-state index in [4.69, 9.17) is 9.47 Å². The molecule has 11 nitrogen and oxygen atoms in total. The van der Waals surface area contributed by atoms with Gasteiger partial charge in [-0.15, -0.1) is 0 Å². The number of hydrogen-bond donors (Lipinski definition) is 3. The van der Waals surface area contributed by atoms with Crippen molar-refractivity contribution in [1.29, 1.82) is 0 Å². The molecule has 0 amide bonds. The van der Waals surface area contributed by atoms with Crippen molar-refractivity contribution in [3.63, 3.8) is 0 Å². The zero-order valence-corrected chi connectivity index (χ0v) is 18.0. The van der Waals surface area contributed by atoms with Crippen molar-refractivity contribution in [2.24, 2.45) is 0 Å². The second-order valence-corrected chi connectivity index (χ2v) is 7.11. The standard InChI is InChI=1S/C23H19N7O4/c1-33-19-11-15(10-18(31)20(19)32)27-21-25-13-26-22(29-21)30-17-8-3-2-7-16(17)28-23(30)34-12-14-6-4-5-9-24-14/h2-11,13,31-32H,12H2,1H3,(H,25,26,27,29). The van der Waals surface area contributed by atoms with Crippen LogP contribution < -0.4 is 14.8 Å². The highest BCUT2D eigenvalue weighted by atomic mass is 16.5. The maximum atomic E-state index is 9.95. The van der Waals surface area contributed by atoms with Crippen molar-refractivity contribution in [2.45, 2.75) is 6.61 Å². The largest absolute Gasteiger partial charge is 0.504 e. The molecule has 2 aromatic carbocycles. The van der Waals surface area contributed by atoms with E-state index in [-0.39, 0.29) is 35.8 Å². The summed E-state index contributed by atoms with van der Waals surface area (Å²) in [7, 11) is 1.38. The van der Waals surface area contributed by atoms with Crippen molar-refractivity contribution in [3.05, 3.63) is 72.8 Å². The van der Waals surface area contributed by atoms with Crippen LogP contribution in [-0.2, 0) is 6.61 Å². The molecule has 0 fully saturated rings. The first-order valence-corrected chi connectivity index (χ1v) is 10.2. The van der Waals surface area contributed by atoms with Gasteiger partial charge in [0.05, 0.1) is 23.8 Å². The Morgan fingerprint density at radius 2 is 1.82 bits per heavy atom. The molecule has 0 bridgehead atoms. The monoisotopic (exact) mass is 457 g/mol. The zero-order valence-electron chi connectivity index (χ0n) is 18.0. The Hall–Kier alpha value is -4.93. The summed E-state index contributed by atoms with van der Waals surface area (Å²) in [5, 5.41) is 22.8. The highest BCUT2D eigenvalue weighted by molar-refractivity contribution is 5.78. The number of aromatic nitrogens is 6. The molecule has 0 atom stereocenters. The third-order valence-electron chi connectivity index (χ3n) is 4.90. The van der Waals surface area contributed by atoms with Gasteiger partial charge in [0.1, 0.15) is 12.9 Å². The molecule has 0 aliphatic carbocycles. The molecule has 34 heavy (non-hydrogen) atoms. The average molecular weight is 457 g/mol. The Morgan fingerprint density at radius 1 is 0.971 bits per heavy atom. The second kappa shape index (κ2) is 8.90. The van der Waals surface area contributed by atoms with Gasteiger partial charge in [-0.2, -0.15) is 9.97 Å². The summed E-state index contributed by atoms with van der Waals surface area (Å²) < 4.78 is 12.7. The Bertz CT molecular complexity index is 1460. The molecule has 5 rings (SSSR count). The van der Waals surface area contributed by atoms with Crippen molar-refractivity contribution in [1.82, 2.24) is 29.5 Å². The number of methoxy groups -OCH3 is 1. The molecular formula is C23H19N7O4. The topological polar surface area (TPSA) is 140 Å². The molecule has 0 radical (unpaired) electrons. The van der Waals surface area contributed by atoms with Crippen LogP contribution in [0, 0.1) is 0 Å². The minimum Gasteiger partial charge on any atom is -0.504 e. The van der Waals surface area contributed by atoms with Crippen LogP contribution in [0.15, 0.2) is 67.1 Å². The van der Waals surface area contributed by atoms with Crippen LogP contribution in [0.1, 0.15) is 5.69 Å². The summed E-state index contributed by atoms with van der Waals surface area (Å²) in [4.78, 5) is 21.8. The van der Waals surface area contributed by atoms with Crippen LogP contribution in [0.3, 0.4) is 0 Å². The van der Waals surface area contributed by atoms with Crippen molar-refractivity contribution in [2.75, 3.05) is 12.4 Å². The molecule has 0 aliphatic heterocycles. The number of ether oxygens (including phenoxy) is 2. The van der Waals surface area contributed by atoms with E-state index in [0.717, 1.165) is 11.2 Å².